The normalized spacial score (nSPS) is 23.1. The van der Waals surface area contributed by atoms with E-state index in [4.69, 9.17) is 28.9 Å². The van der Waals surface area contributed by atoms with E-state index >= 15 is 0 Å². The molecule has 0 spiro atoms. The molecule has 356 valence electrons. The average molecular weight is 905 g/mol. The van der Waals surface area contributed by atoms with Gasteiger partial charge in [0.1, 0.15) is 23.1 Å². The Hall–Kier alpha value is -3.51. The SMILES string of the molecule is C=CCOC12Oc3ccc(OCCSc4ccccc4)cc3C3C(CCCCO)C(CCCCO)C=C(C(=NOC(C)(C)C)CC1N(C)C(=O)OCCCCCCCCCCCC)C32. The molecule has 1 fully saturated rings. The summed E-state index contributed by atoms with van der Waals surface area (Å²) < 4.78 is 26.8. The molecule has 2 aromatic carbocycles. The van der Waals surface area contributed by atoms with Crippen LogP contribution in [0.5, 0.6) is 11.5 Å². The Bertz CT molecular complexity index is 1760. The summed E-state index contributed by atoms with van der Waals surface area (Å²) in [5.74, 6) is 0.657. The highest BCUT2D eigenvalue weighted by Crippen LogP contribution is 2.62. The number of nitrogens with zero attached hydrogens (tertiary/aromatic N) is 2. The van der Waals surface area contributed by atoms with Crippen LogP contribution in [-0.4, -0.2) is 90.2 Å². The summed E-state index contributed by atoms with van der Waals surface area (Å²) >= 11 is 1.76. The van der Waals surface area contributed by atoms with Crippen LogP contribution in [0.1, 0.15) is 148 Å². The Labute approximate surface area is 389 Å². The number of carbonyl (C=O) groups excluding carboxylic acids is 1. The van der Waals surface area contributed by atoms with E-state index in [2.05, 4.69) is 37.8 Å². The Balaban J connectivity index is 1.51. The monoisotopic (exact) mass is 905 g/mol. The summed E-state index contributed by atoms with van der Waals surface area (Å²) in [4.78, 5) is 23.3. The van der Waals surface area contributed by atoms with E-state index in [9.17, 15) is 15.0 Å². The maximum Gasteiger partial charge on any atom is 0.409 e. The van der Waals surface area contributed by atoms with Crippen molar-refractivity contribution in [3.8, 4) is 11.5 Å². The molecule has 64 heavy (non-hydrogen) atoms. The molecular formula is C53H80N2O8S. The third-order valence-electron chi connectivity index (χ3n) is 12.9. The van der Waals surface area contributed by atoms with Gasteiger partial charge >= 0.3 is 6.09 Å². The second kappa shape index (κ2) is 26.6. The number of carbonyl (C=O) groups is 1. The lowest BCUT2D eigenvalue weighted by Crippen LogP contribution is -2.69. The molecule has 0 saturated heterocycles. The number of thioether (sulfide) groups is 1. The number of oxime groups is 1. The number of allylic oxidation sites excluding steroid dienone is 1. The third-order valence-corrected chi connectivity index (χ3v) is 13.9. The van der Waals surface area contributed by atoms with Crippen molar-refractivity contribution in [3.05, 3.63) is 78.4 Å². The first-order valence-electron chi connectivity index (χ1n) is 24.5. The topological polar surface area (TPSA) is 119 Å². The zero-order valence-corrected chi connectivity index (χ0v) is 40.6. The number of hydrogen-bond donors (Lipinski definition) is 2. The molecule has 6 unspecified atom stereocenters. The molecule has 3 aliphatic rings. The van der Waals surface area contributed by atoms with Gasteiger partial charge in [-0.15, -0.1) is 18.3 Å². The van der Waals surface area contributed by atoms with Gasteiger partial charge in [0.15, 0.2) is 0 Å². The molecule has 1 heterocycles. The van der Waals surface area contributed by atoms with Crippen LogP contribution < -0.4 is 9.47 Å². The van der Waals surface area contributed by atoms with E-state index in [0.29, 0.717) is 38.2 Å². The number of ether oxygens (including phenoxy) is 4. The minimum Gasteiger partial charge on any atom is -0.493 e. The van der Waals surface area contributed by atoms with Crippen molar-refractivity contribution < 1.29 is 38.8 Å². The van der Waals surface area contributed by atoms with Gasteiger partial charge in [0.05, 0.1) is 31.5 Å². The first-order valence-corrected chi connectivity index (χ1v) is 25.5. The van der Waals surface area contributed by atoms with E-state index in [0.717, 1.165) is 73.3 Å². The van der Waals surface area contributed by atoms with Crippen LogP contribution in [0.3, 0.4) is 0 Å². The highest BCUT2D eigenvalue weighted by Gasteiger charge is 2.65. The lowest BCUT2D eigenvalue weighted by atomic mass is 9.55. The van der Waals surface area contributed by atoms with E-state index < -0.39 is 29.4 Å². The fourth-order valence-corrected chi connectivity index (χ4v) is 10.6. The van der Waals surface area contributed by atoms with Crippen molar-refractivity contribution in [2.24, 2.45) is 22.9 Å². The second-order valence-electron chi connectivity index (χ2n) is 18.9. The highest BCUT2D eigenvalue weighted by atomic mass is 32.2. The number of fused-ring (bicyclic) bond motifs is 2. The number of benzene rings is 2. The minimum atomic E-state index is -1.33. The van der Waals surface area contributed by atoms with Gasteiger partial charge in [0.2, 0.25) is 5.79 Å². The van der Waals surface area contributed by atoms with E-state index in [1.807, 2.05) is 51.1 Å². The molecule has 2 aliphatic carbocycles. The van der Waals surface area contributed by atoms with Crippen molar-refractivity contribution in [2.75, 3.05) is 45.8 Å². The van der Waals surface area contributed by atoms with Crippen LogP contribution in [0.4, 0.5) is 4.79 Å². The van der Waals surface area contributed by atoms with Crippen molar-refractivity contribution in [2.45, 2.75) is 165 Å². The zero-order valence-electron chi connectivity index (χ0n) is 39.8. The summed E-state index contributed by atoms with van der Waals surface area (Å²) in [6, 6.07) is 15.8. The van der Waals surface area contributed by atoms with E-state index in [-0.39, 0.29) is 37.6 Å². The number of rotatable bonds is 29. The van der Waals surface area contributed by atoms with Gasteiger partial charge in [-0.05, 0) is 101 Å². The van der Waals surface area contributed by atoms with Gasteiger partial charge in [-0.2, -0.15) is 0 Å². The number of unbranched alkanes of at least 4 members (excludes halogenated alkanes) is 11. The number of hydrogen-bond acceptors (Lipinski definition) is 10. The Kier molecular flexibility index (Phi) is 21.4. The summed E-state index contributed by atoms with van der Waals surface area (Å²) in [6.07, 6.45) is 20.8. The lowest BCUT2D eigenvalue weighted by molar-refractivity contribution is -0.253. The molecule has 6 atom stereocenters. The van der Waals surface area contributed by atoms with Crippen molar-refractivity contribution in [1.82, 2.24) is 4.90 Å². The Morgan fingerprint density at radius 3 is 2.28 bits per heavy atom. The molecule has 5 rings (SSSR count). The molecule has 0 aromatic heterocycles. The summed E-state index contributed by atoms with van der Waals surface area (Å²) in [7, 11) is 1.79. The third kappa shape index (κ3) is 14.5. The first-order chi connectivity index (χ1) is 31.1. The van der Waals surface area contributed by atoms with E-state index in [1.165, 1.54) is 49.8 Å². The predicted molar refractivity (Wildman–Crippen MR) is 259 cm³/mol. The predicted octanol–water partition coefficient (Wildman–Crippen LogP) is 12.3. The molecule has 0 radical (unpaired) electrons. The van der Waals surface area contributed by atoms with Crippen molar-refractivity contribution >= 4 is 23.6 Å². The smallest absolute Gasteiger partial charge is 0.409 e. The first kappa shape index (κ1) is 51.5. The van der Waals surface area contributed by atoms with Crippen LogP contribution in [0.15, 0.2) is 82.9 Å². The quantitative estimate of drug-likeness (QED) is 0.0356. The molecule has 2 aromatic rings. The molecule has 10 nitrogen and oxygen atoms in total. The summed E-state index contributed by atoms with van der Waals surface area (Å²) in [6.45, 7) is 13.6. The number of amides is 1. The van der Waals surface area contributed by atoms with E-state index in [1.54, 1.807) is 29.8 Å². The fraction of sp³-hybridized carbons (Fsp3) is 0.660. The summed E-state index contributed by atoms with van der Waals surface area (Å²) in [5.41, 5.74) is 2.25. The Morgan fingerprint density at radius 1 is 0.922 bits per heavy atom. The molecule has 0 bridgehead atoms. The number of likely N-dealkylation sites (N-methyl/N-ethyl adjacent to an activating group) is 1. The number of aliphatic hydroxyl groups excluding tert-OH is 2. The summed E-state index contributed by atoms with van der Waals surface area (Å²) in [5, 5.41) is 24.8. The maximum absolute atomic E-state index is 14.2. The fourth-order valence-electron chi connectivity index (χ4n) is 9.82. The van der Waals surface area contributed by atoms with Gasteiger partial charge < -0.3 is 38.9 Å². The average Bonchev–Trinajstić information content (AvgIpc) is 3.29. The van der Waals surface area contributed by atoms with Gasteiger partial charge in [-0.3, -0.25) is 0 Å². The molecule has 11 heteroatoms. The Morgan fingerprint density at radius 2 is 1.61 bits per heavy atom. The van der Waals surface area contributed by atoms with Crippen LogP contribution in [0, 0.1) is 17.8 Å². The van der Waals surface area contributed by atoms with Gasteiger partial charge in [-0.1, -0.05) is 113 Å². The van der Waals surface area contributed by atoms with Gasteiger partial charge in [0, 0.05) is 48.8 Å². The van der Waals surface area contributed by atoms with Crippen LogP contribution in [0.25, 0.3) is 0 Å². The highest BCUT2D eigenvalue weighted by molar-refractivity contribution is 7.99. The molecule has 1 saturated carbocycles. The minimum absolute atomic E-state index is 0.120. The molecule has 1 amide bonds. The molecule has 2 N–H and O–H groups in total. The van der Waals surface area contributed by atoms with Crippen LogP contribution in [-0.2, 0) is 14.3 Å². The standard InChI is InChI=1S/C53H80N2O8S/c1-7-9-10-11-12-13-14-15-16-24-34-60-51(58)55(6)48-39-46(54-63-52(3,4)5)44-37-40(25-20-22-31-56)43(28-21-23-32-57)49-45-38-41(59-35-36-64-42-26-18-17-19-27-42)29-30-47(45)62-53(48,50(44)49)61-33-8-2/h8,17-19,26-27,29-30,37-38,40,43,48-50,56-57H,2,7,9-16,20-25,28,31-36,39H2,1,3-6H3. The zero-order chi connectivity index (χ0) is 45.8. The van der Waals surface area contributed by atoms with Crippen LogP contribution in [0.2, 0.25) is 0 Å². The second-order valence-corrected chi connectivity index (χ2v) is 20.1. The maximum atomic E-state index is 14.2. The van der Waals surface area contributed by atoms with Gasteiger partial charge in [-0.25, -0.2) is 4.79 Å². The van der Waals surface area contributed by atoms with Crippen molar-refractivity contribution in [1.29, 1.82) is 0 Å². The number of aliphatic hydroxyl groups is 2. The van der Waals surface area contributed by atoms with Crippen LogP contribution >= 0.6 is 11.8 Å². The molecule has 1 aliphatic heterocycles. The van der Waals surface area contributed by atoms with Gasteiger partial charge in [0.25, 0.3) is 0 Å². The largest absolute Gasteiger partial charge is 0.493 e. The molecular weight excluding hydrogens is 825 g/mol. The van der Waals surface area contributed by atoms with Crippen molar-refractivity contribution in [3.63, 3.8) is 0 Å². The lowest BCUT2D eigenvalue weighted by Gasteiger charge is -2.59.